The van der Waals surface area contributed by atoms with E-state index in [-0.39, 0.29) is 11.3 Å². The number of aromatic nitrogens is 2. The Morgan fingerprint density at radius 1 is 1.19 bits per heavy atom. The number of H-pyrrole nitrogens is 1. The molecular weight excluding hydrogens is 270 g/mol. The van der Waals surface area contributed by atoms with E-state index < -0.39 is 5.97 Å². The largest absolute Gasteiger partial charge is 0.478 e. The molecule has 0 spiro atoms. The number of carboxylic acid groups (broad SMARTS) is 1. The number of nitrogens with one attached hydrogen (secondary N) is 1. The molecule has 6 nitrogen and oxygen atoms in total. The van der Waals surface area contributed by atoms with Crippen LogP contribution in [-0.4, -0.2) is 45.2 Å². The van der Waals surface area contributed by atoms with Gasteiger partial charge in [0.1, 0.15) is 0 Å². The summed E-state index contributed by atoms with van der Waals surface area (Å²) in [7, 11) is 0. The molecular formula is C15H19N3O3. The predicted octanol–water partition coefficient (Wildman–Crippen LogP) is 1.51. The molecule has 1 aliphatic rings. The maximum absolute atomic E-state index is 12.0. The zero-order valence-corrected chi connectivity index (χ0v) is 11.8. The van der Waals surface area contributed by atoms with Gasteiger partial charge >= 0.3 is 11.7 Å². The fourth-order valence-electron chi connectivity index (χ4n) is 2.93. The van der Waals surface area contributed by atoms with Gasteiger partial charge in [0.05, 0.1) is 16.6 Å². The third-order valence-corrected chi connectivity index (χ3v) is 4.11. The van der Waals surface area contributed by atoms with E-state index in [1.807, 2.05) is 0 Å². The fraction of sp³-hybridized carbons (Fsp3) is 0.467. The minimum atomic E-state index is -0.979. The number of benzene rings is 1. The maximum Gasteiger partial charge on any atom is 0.335 e. The number of likely N-dealkylation sites (tertiary alicyclic amines) is 1. The highest BCUT2D eigenvalue weighted by Gasteiger charge is 2.13. The van der Waals surface area contributed by atoms with E-state index >= 15 is 0 Å². The molecule has 0 bridgehead atoms. The average molecular weight is 289 g/mol. The molecule has 0 saturated carbocycles. The number of hydrogen-bond acceptors (Lipinski definition) is 3. The Morgan fingerprint density at radius 3 is 2.67 bits per heavy atom. The van der Waals surface area contributed by atoms with Crippen LogP contribution in [0.3, 0.4) is 0 Å². The Balaban J connectivity index is 1.86. The zero-order valence-electron chi connectivity index (χ0n) is 11.8. The minimum absolute atomic E-state index is 0.176. The monoisotopic (exact) mass is 289 g/mol. The van der Waals surface area contributed by atoms with Gasteiger partial charge in [-0.2, -0.15) is 0 Å². The van der Waals surface area contributed by atoms with Crippen molar-refractivity contribution in [1.82, 2.24) is 14.5 Å². The second-order valence-electron chi connectivity index (χ2n) is 5.52. The average Bonchev–Trinajstić information content (AvgIpc) is 2.80. The number of aromatic amines is 1. The Labute approximate surface area is 122 Å². The van der Waals surface area contributed by atoms with Gasteiger partial charge in [-0.25, -0.2) is 9.59 Å². The molecule has 1 fully saturated rings. The van der Waals surface area contributed by atoms with E-state index in [0.717, 1.165) is 19.6 Å². The summed E-state index contributed by atoms with van der Waals surface area (Å²) in [6.07, 6.45) is 3.71. The lowest BCUT2D eigenvalue weighted by atomic mass is 10.1. The first-order valence-electron chi connectivity index (χ1n) is 7.33. The van der Waals surface area contributed by atoms with Crippen LogP contribution in [0.15, 0.2) is 23.0 Å². The standard InChI is InChI=1S/C15H19N3O3/c19-14(20)11-4-5-12-13(10-11)18(15(21)16-12)9-8-17-6-2-1-3-7-17/h4-5,10H,1-3,6-9H2,(H,16,21)(H,19,20). The second kappa shape index (κ2) is 5.73. The van der Waals surface area contributed by atoms with Crippen LogP contribution in [0.25, 0.3) is 11.0 Å². The highest BCUT2D eigenvalue weighted by Crippen LogP contribution is 2.14. The van der Waals surface area contributed by atoms with E-state index in [1.165, 1.54) is 25.3 Å². The fourth-order valence-corrected chi connectivity index (χ4v) is 2.93. The number of rotatable bonds is 4. The molecule has 1 aromatic carbocycles. The minimum Gasteiger partial charge on any atom is -0.478 e. The van der Waals surface area contributed by atoms with Gasteiger partial charge in [-0.15, -0.1) is 0 Å². The number of fused-ring (bicyclic) bond motifs is 1. The molecule has 6 heteroatoms. The summed E-state index contributed by atoms with van der Waals surface area (Å²) >= 11 is 0. The van der Waals surface area contributed by atoms with Crippen LogP contribution in [-0.2, 0) is 6.54 Å². The van der Waals surface area contributed by atoms with Crippen LogP contribution < -0.4 is 5.69 Å². The SMILES string of the molecule is O=C(O)c1ccc2[nH]c(=O)n(CCN3CCCCC3)c2c1. The normalized spacial score (nSPS) is 16.4. The molecule has 0 unspecified atom stereocenters. The summed E-state index contributed by atoms with van der Waals surface area (Å²) in [5.74, 6) is -0.979. The zero-order chi connectivity index (χ0) is 14.8. The number of hydrogen-bond donors (Lipinski definition) is 2. The van der Waals surface area contributed by atoms with E-state index in [9.17, 15) is 9.59 Å². The van der Waals surface area contributed by atoms with Gasteiger partial charge in [0, 0.05) is 13.1 Å². The van der Waals surface area contributed by atoms with Gasteiger partial charge < -0.3 is 15.0 Å². The quantitative estimate of drug-likeness (QED) is 0.894. The predicted molar refractivity (Wildman–Crippen MR) is 79.8 cm³/mol. The van der Waals surface area contributed by atoms with Crippen LogP contribution >= 0.6 is 0 Å². The molecule has 0 radical (unpaired) electrons. The maximum atomic E-state index is 12.0. The van der Waals surface area contributed by atoms with Crippen molar-refractivity contribution in [3.63, 3.8) is 0 Å². The van der Waals surface area contributed by atoms with Crippen LogP contribution in [0.4, 0.5) is 0 Å². The van der Waals surface area contributed by atoms with Crippen molar-refractivity contribution in [1.29, 1.82) is 0 Å². The number of piperidine rings is 1. The van der Waals surface area contributed by atoms with Crippen LogP contribution in [0.1, 0.15) is 29.6 Å². The van der Waals surface area contributed by atoms with Crippen molar-refractivity contribution >= 4 is 17.0 Å². The summed E-state index contributed by atoms with van der Waals surface area (Å²) in [5, 5.41) is 9.07. The van der Waals surface area contributed by atoms with E-state index in [0.29, 0.717) is 17.6 Å². The van der Waals surface area contributed by atoms with E-state index in [4.69, 9.17) is 5.11 Å². The number of aromatic carboxylic acids is 1. The highest BCUT2D eigenvalue weighted by atomic mass is 16.4. The van der Waals surface area contributed by atoms with Gasteiger partial charge in [0.15, 0.2) is 0 Å². The molecule has 3 rings (SSSR count). The molecule has 21 heavy (non-hydrogen) atoms. The smallest absolute Gasteiger partial charge is 0.335 e. The Kier molecular flexibility index (Phi) is 3.79. The summed E-state index contributed by atoms with van der Waals surface area (Å²) in [6.45, 7) is 3.57. The third-order valence-electron chi connectivity index (χ3n) is 4.11. The molecule has 0 atom stereocenters. The van der Waals surface area contributed by atoms with Crippen molar-refractivity contribution < 1.29 is 9.90 Å². The van der Waals surface area contributed by atoms with Gasteiger partial charge in [-0.3, -0.25) is 4.57 Å². The van der Waals surface area contributed by atoms with Crippen molar-refractivity contribution in [2.45, 2.75) is 25.8 Å². The van der Waals surface area contributed by atoms with Crippen LogP contribution in [0, 0.1) is 0 Å². The lowest BCUT2D eigenvalue weighted by molar-refractivity contribution is 0.0697. The number of carboxylic acids is 1. The molecule has 2 heterocycles. The lowest BCUT2D eigenvalue weighted by Gasteiger charge is -2.26. The molecule has 0 amide bonds. The molecule has 2 aromatic rings. The van der Waals surface area contributed by atoms with Crippen LogP contribution in [0.5, 0.6) is 0 Å². The molecule has 0 aliphatic carbocycles. The van der Waals surface area contributed by atoms with E-state index in [1.54, 1.807) is 16.7 Å². The number of carbonyl (C=O) groups is 1. The van der Waals surface area contributed by atoms with Crippen molar-refractivity contribution in [2.75, 3.05) is 19.6 Å². The van der Waals surface area contributed by atoms with Gasteiger partial charge in [-0.05, 0) is 44.1 Å². The summed E-state index contributed by atoms with van der Waals surface area (Å²) in [5.41, 5.74) is 1.37. The first-order chi connectivity index (χ1) is 10.1. The van der Waals surface area contributed by atoms with Crippen molar-refractivity contribution in [3.05, 3.63) is 34.2 Å². The van der Waals surface area contributed by atoms with Crippen LogP contribution in [0.2, 0.25) is 0 Å². The Bertz CT molecular complexity index is 711. The summed E-state index contributed by atoms with van der Waals surface area (Å²) < 4.78 is 1.64. The highest BCUT2D eigenvalue weighted by molar-refractivity contribution is 5.92. The molecule has 1 aliphatic heterocycles. The Morgan fingerprint density at radius 2 is 1.95 bits per heavy atom. The Hall–Kier alpha value is -2.08. The van der Waals surface area contributed by atoms with E-state index in [2.05, 4.69) is 9.88 Å². The first kappa shape index (κ1) is 13.9. The summed E-state index contributed by atoms with van der Waals surface area (Å²) in [6, 6.07) is 4.72. The second-order valence-corrected chi connectivity index (χ2v) is 5.52. The van der Waals surface area contributed by atoms with Crippen molar-refractivity contribution in [2.24, 2.45) is 0 Å². The topological polar surface area (TPSA) is 78.3 Å². The van der Waals surface area contributed by atoms with Gasteiger partial charge in [0.2, 0.25) is 0 Å². The molecule has 112 valence electrons. The lowest BCUT2D eigenvalue weighted by Crippen LogP contribution is -2.34. The number of imidazole rings is 1. The molecule has 2 N–H and O–H groups in total. The molecule has 1 saturated heterocycles. The third kappa shape index (κ3) is 2.85. The van der Waals surface area contributed by atoms with Gasteiger partial charge in [0.25, 0.3) is 0 Å². The summed E-state index contributed by atoms with van der Waals surface area (Å²) in [4.78, 5) is 28.2. The number of nitrogens with zero attached hydrogens (tertiary/aromatic N) is 2. The molecule has 1 aromatic heterocycles. The van der Waals surface area contributed by atoms with Gasteiger partial charge in [-0.1, -0.05) is 6.42 Å². The van der Waals surface area contributed by atoms with Crippen molar-refractivity contribution in [3.8, 4) is 0 Å². The first-order valence-corrected chi connectivity index (χ1v) is 7.33.